The van der Waals surface area contributed by atoms with Gasteiger partial charge in [0.05, 0.1) is 28.5 Å². The number of nitrogens with zero attached hydrogens (tertiary/aromatic N) is 2. The van der Waals surface area contributed by atoms with Crippen LogP contribution in [0.5, 0.6) is 0 Å². The van der Waals surface area contributed by atoms with E-state index >= 15 is 0 Å². The molecule has 1 heterocycles. The van der Waals surface area contributed by atoms with Crippen LogP contribution >= 0.6 is 15.9 Å². The average Bonchev–Trinajstić information content (AvgIpc) is 2.68. The van der Waals surface area contributed by atoms with Gasteiger partial charge in [0.15, 0.2) is 0 Å². The predicted molar refractivity (Wildman–Crippen MR) is 82.3 cm³/mol. The zero-order valence-electron chi connectivity index (χ0n) is 12.8. The molecule has 0 aliphatic carbocycles. The number of aromatic nitrogens is 2. The summed E-state index contributed by atoms with van der Waals surface area (Å²) in [5.74, 6) is 0. The van der Waals surface area contributed by atoms with Crippen molar-refractivity contribution in [3.05, 3.63) is 16.4 Å². The third kappa shape index (κ3) is 3.80. The second-order valence-corrected chi connectivity index (χ2v) is 6.61. The van der Waals surface area contributed by atoms with Crippen LogP contribution in [0.25, 0.3) is 0 Å². The van der Waals surface area contributed by atoms with Crippen LogP contribution in [0.15, 0.2) is 10.7 Å². The number of hydrogen-bond donors (Lipinski definition) is 1. The van der Waals surface area contributed by atoms with Crippen LogP contribution < -0.4 is 5.32 Å². The first-order valence-corrected chi connectivity index (χ1v) is 7.63. The maximum atomic E-state index is 5.78. The highest BCUT2D eigenvalue weighted by atomic mass is 79.9. The lowest BCUT2D eigenvalue weighted by Crippen LogP contribution is -2.42. The lowest BCUT2D eigenvalue weighted by Gasteiger charge is -2.36. The van der Waals surface area contributed by atoms with Crippen LogP contribution in [0.1, 0.15) is 46.4 Å². The molecule has 19 heavy (non-hydrogen) atoms. The molecule has 2 unspecified atom stereocenters. The number of aryl methyl sites for hydroxylation is 1. The van der Waals surface area contributed by atoms with Crippen molar-refractivity contribution in [2.24, 2.45) is 5.41 Å². The van der Waals surface area contributed by atoms with Crippen LogP contribution in [0.4, 0.5) is 0 Å². The van der Waals surface area contributed by atoms with Crippen molar-refractivity contribution in [2.75, 3.05) is 13.7 Å². The summed E-state index contributed by atoms with van der Waals surface area (Å²) >= 11 is 3.61. The second-order valence-electron chi connectivity index (χ2n) is 5.75. The minimum atomic E-state index is 0.0455. The predicted octanol–water partition coefficient (Wildman–Crippen LogP) is 3.38. The van der Waals surface area contributed by atoms with Gasteiger partial charge in [-0.1, -0.05) is 27.7 Å². The van der Waals surface area contributed by atoms with Gasteiger partial charge >= 0.3 is 0 Å². The number of nitrogens with one attached hydrogen (secondary N) is 1. The molecule has 0 aliphatic heterocycles. The molecule has 4 nitrogen and oxygen atoms in total. The first-order valence-electron chi connectivity index (χ1n) is 6.84. The van der Waals surface area contributed by atoms with Gasteiger partial charge < -0.3 is 10.1 Å². The lowest BCUT2D eigenvalue weighted by atomic mass is 9.83. The Bertz CT molecular complexity index is 398. The Kier molecular flexibility index (Phi) is 6.02. The maximum Gasteiger partial charge on any atom is 0.0829 e. The number of ether oxygens (including phenoxy) is 1. The number of rotatable bonds is 6. The van der Waals surface area contributed by atoms with Crippen molar-refractivity contribution >= 4 is 15.9 Å². The molecule has 0 aliphatic rings. The van der Waals surface area contributed by atoms with Gasteiger partial charge in [0.25, 0.3) is 0 Å². The molecule has 0 radical (unpaired) electrons. The highest BCUT2D eigenvalue weighted by Gasteiger charge is 2.35. The van der Waals surface area contributed by atoms with Gasteiger partial charge in [-0.2, -0.15) is 5.10 Å². The van der Waals surface area contributed by atoms with Crippen molar-refractivity contribution in [2.45, 2.75) is 53.3 Å². The quantitative estimate of drug-likeness (QED) is 0.868. The molecular formula is C14H26BrN3O. The van der Waals surface area contributed by atoms with Gasteiger partial charge in [0, 0.05) is 13.7 Å². The largest absolute Gasteiger partial charge is 0.379 e. The molecule has 0 spiro atoms. The van der Waals surface area contributed by atoms with Gasteiger partial charge in [0.2, 0.25) is 0 Å². The van der Waals surface area contributed by atoms with Gasteiger partial charge in [-0.25, -0.2) is 0 Å². The van der Waals surface area contributed by atoms with E-state index in [0.29, 0.717) is 0 Å². The molecule has 0 bridgehead atoms. The maximum absolute atomic E-state index is 5.78. The Balaban J connectivity index is 3.22. The van der Waals surface area contributed by atoms with E-state index in [-0.39, 0.29) is 17.6 Å². The fraction of sp³-hybridized carbons (Fsp3) is 0.786. The van der Waals surface area contributed by atoms with E-state index in [1.54, 1.807) is 7.11 Å². The SMILES string of the molecule is CCNC(c1c(Br)cnn1CC)C(OC)C(C)(C)C. The van der Waals surface area contributed by atoms with Crippen molar-refractivity contribution in [3.63, 3.8) is 0 Å². The van der Waals surface area contributed by atoms with Crippen LogP contribution in [0, 0.1) is 5.41 Å². The fourth-order valence-corrected chi connectivity index (χ4v) is 3.03. The Morgan fingerprint density at radius 3 is 2.47 bits per heavy atom. The minimum Gasteiger partial charge on any atom is -0.379 e. The molecule has 0 fully saturated rings. The Morgan fingerprint density at radius 2 is 2.05 bits per heavy atom. The zero-order chi connectivity index (χ0) is 14.6. The Hall–Kier alpha value is -0.390. The van der Waals surface area contributed by atoms with Crippen LogP contribution in [0.2, 0.25) is 0 Å². The number of hydrogen-bond acceptors (Lipinski definition) is 3. The topological polar surface area (TPSA) is 39.1 Å². The summed E-state index contributed by atoms with van der Waals surface area (Å²) < 4.78 is 8.84. The zero-order valence-corrected chi connectivity index (χ0v) is 14.4. The molecule has 110 valence electrons. The van der Waals surface area contributed by atoms with Crippen molar-refractivity contribution in [1.82, 2.24) is 15.1 Å². The third-order valence-corrected chi connectivity index (χ3v) is 3.87. The molecule has 0 amide bonds. The summed E-state index contributed by atoms with van der Waals surface area (Å²) in [5.41, 5.74) is 1.20. The molecule has 0 saturated carbocycles. The van der Waals surface area contributed by atoms with Gasteiger partial charge in [-0.15, -0.1) is 0 Å². The summed E-state index contributed by atoms with van der Waals surface area (Å²) in [6.45, 7) is 12.6. The smallest absolute Gasteiger partial charge is 0.0829 e. The first-order chi connectivity index (χ1) is 8.86. The molecule has 5 heteroatoms. The van der Waals surface area contributed by atoms with Crippen LogP contribution in [-0.2, 0) is 11.3 Å². The highest BCUT2D eigenvalue weighted by Crippen LogP contribution is 2.35. The molecule has 1 aromatic rings. The molecule has 0 saturated heterocycles. The van der Waals surface area contributed by atoms with E-state index in [4.69, 9.17) is 4.74 Å². The van der Waals surface area contributed by atoms with Gasteiger partial charge in [-0.05, 0) is 34.8 Å². The Morgan fingerprint density at radius 1 is 1.42 bits per heavy atom. The van der Waals surface area contributed by atoms with E-state index < -0.39 is 0 Å². The Labute approximate surface area is 125 Å². The van der Waals surface area contributed by atoms with E-state index in [0.717, 1.165) is 23.3 Å². The number of methoxy groups -OCH3 is 1. The molecule has 1 N–H and O–H groups in total. The highest BCUT2D eigenvalue weighted by molar-refractivity contribution is 9.10. The summed E-state index contributed by atoms with van der Waals surface area (Å²) in [4.78, 5) is 0. The lowest BCUT2D eigenvalue weighted by molar-refractivity contribution is -0.0138. The van der Waals surface area contributed by atoms with E-state index in [9.17, 15) is 0 Å². The first kappa shape index (κ1) is 16.7. The molecule has 1 rings (SSSR count). The van der Waals surface area contributed by atoms with E-state index in [1.165, 1.54) is 0 Å². The van der Waals surface area contributed by atoms with Crippen LogP contribution in [-0.4, -0.2) is 29.5 Å². The van der Waals surface area contributed by atoms with Gasteiger partial charge in [0.1, 0.15) is 0 Å². The summed E-state index contributed by atoms with van der Waals surface area (Å²) in [6, 6.07) is 0.117. The standard InChI is InChI=1S/C14H26BrN3O/c1-7-16-11(13(19-6)14(3,4)5)12-10(15)9-17-18(12)8-2/h9,11,13,16H,7-8H2,1-6H3. The van der Waals surface area contributed by atoms with Crippen molar-refractivity contribution < 1.29 is 4.74 Å². The van der Waals surface area contributed by atoms with Crippen molar-refractivity contribution in [3.8, 4) is 0 Å². The van der Waals surface area contributed by atoms with E-state index in [2.05, 4.69) is 61.0 Å². The fourth-order valence-electron chi connectivity index (χ4n) is 2.49. The molecule has 1 aromatic heterocycles. The molecular weight excluding hydrogens is 306 g/mol. The normalized spacial score (nSPS) is 15.5. The number of halogens is 1. The van der Waals surface area contributed by atoms with Crippen LogP contribution in [0.3, 0.4) is 0 Å². The summed E-state index contributed by atoms with van der Waals surface area (Å²) in [7, 11) is 1.78. The minimum absolute atomic E-state index is 0.0455. The third-order valence-electron chi connectivity index (χ3n) is 3.26. The molecule has 2 atom stereocenters. The van der Waals surface area contributed by atoms with Crippen molar-refractivity contribution in [1.29, 1.82) is 0 Å². The number of likely N-dealkylation sites (N-methyl/N-ethyl adjacent to an activating group) is 1. The average molecular weight is 332 g/mol. The molecule has 0 aromatic carbocycles. The summed E-state index contributed by atoms with van der Waals surface area (Å²) in [6.07, 6.45) is 1.93. The van der Waals surface area contributed by atoms with E-state index in [1.807, 2.05) is 10.9 Å². The second kappa shape index (κ2) is 6.86. The summed E-state index contributed by atoms with van der Waals surface area (Å²) in [5, 5.41) is 7.95. The van der Waals surface area contributed by atoms with Gasteiger partial charge in [-0.3, -0.25) is 4.68 Å². The monoisotopic (exact) mass is 331 g/mol.